The third-order valence-corrected chi connectivity index (χ3v) is 4.55. The second-order valence-electron chi connectivity index (χ2n) is 5.51. The van der Waals surface area contributed by atoms with Crippen LogP contribution < -0.4 is 4.74 Å². The van der Waals surface area contributed by atoms with Crippen molar-refractivity contribution >= 4 is 16.3 Å². The van der Waals surface area contributed by atoms with Crippen LogP contribution in [0.3, 0.4) is 0 Å². The van der Waals surface area contributed by atoms with Crippen LogP contribution in [0.5, 0.6) is 5.75 Å². The summed E-state index contributed by atoms with van der Waals surface area (Å²) >= 11 is 1.48. The fourth-order valence-corrected chi connectivity index (χ4v) is 3.09. The predicted molar refractivity (Wildman–Crippen MR) is 92.1 cm³/mol. The maximum absolute atomic E-state index is 5.77. The first-order chi connectivity index (χ1) is 11.7. The van der Waals surface area contributed by atoms with Crippen LogP contribution >= 0.6 is 11.3 Å². The Morgan fingerprint density at radius 3 is 2.62 bits per heavy atom. The van der Waals surface area contributed by atoms with Crippen molar-refractivity contribution in [3.63, 3.8) is 0 Å². The number of hydrogen-bond donors (Lipinski definition) is 0. The number of fused-ring (bicyclic) bond motifs is 1. The quantitative estimate of drug-likeness (QED) is 0.571. The molecular formula is C17H15N5OS. The largest absolute Gasteiger partial charge is 0.486 e. The summed E-state index contributed by atoms with van der Waals surface area (Å²) in [4.78, 5) is 5.06. The Balaban J connectivity index is 1.58. The van der Waals surface area contributed by atoms with Crippen LogP contribution in [-0.4, -0.2) is 24.8 Å². The average molecular weight is 337 g/mol. The second-order valence-corrected chi connectivity index (χ2v) is 6.46. The van der Waals surface area contributed by atoms with Crippen molar-refractivity contribution in [1.82, 2.24) is 24.8 Å². The highest BCUT2D eigenvalue weighted by Crippen LogP contribution is 2.25. The monoisotopic (exact) mass is 337 g/mol. The molecule has 120 valence electrons. The molecule has 7 heteroatoms. The van der Waals surface area contributed by atoms with Crippen LogP contribution in [-0.2, 0) is 6.61 Å². The number of aryl methyl sites for hydroxylation is 2. The predicted octanol–water partition coefficient (Wildman–Crippen LogP) is 3.44. The minimum atomic E-state index is 0.319. The number of pyridine rings is 1. The third kappa shape index (κ3) is 2.85. The standard InChI is InChI=1S/C17H15N5OS/c1-11-3-7-14(8-4-11)23-10-15-19-20-17-22(15)21-16(24-17)13-6-5-12(2)18-9-13/h3-9H,10H2,1-2H3. The molecule has 0 aliphatic carbocycles. The van der Waals surface area contributed by atoms with Crippen molar-refractivity contribution in [2.75, 3.05) is 0 Å². The van der Waals surface area contributed by atoms with Gasteiger partial charge in [-0.1, -0.05) is 29.0 Å². The summed E-state index contributed by atoms with van der Waals surface area (Å²) in [6.45, 7) is 4.32. The summed E-state index contributed by atoms with van der Waals surface area (Å²) in [5, 5.41) is 13.8. The van der Waals surface area contributed by atoms with Gasteiger partial charge in [-0.2, -0.15) is 9.61 Å². The Morgan fingerprint density at radius 2 is 1.88 bits per heavy atom. The Morgan fingerprint density at radius 1 is 1.04 bits per heavy atom. The van der Waals surface area contributed by atoms with Crippen molar-refractivity contribution in [1.29, 1.82) is 0 Å². The average Bonchev–Trinajstić information content (AvgIpc) is 3.16. The molecule has 0 bridgehead atoms. The Hall–Kier alpha value is -2.80. The molecule has 0 aliphatic heterocycles. The molecule has 0 aliphatic rings. The van der Waals surface area contributed by atoms with E-state index in [2.05, 4.69) is 20.3 Å². The number of ether oxygens (including phenoxy) is 1. The van der Waals surface area contributed by atoms with Gasteiger partial charge in [0.25, 0.3) is 0 Å². The summed E-state index contributed by atoms with van der Waals surface area (Å²) in [6.07, 6.45) is 1.82. The maximum atomic E-state index is 5.77. The van der Waals surface area contributed by atoms with Gasteiger partial charge < -0.3 is 4.74 Å². The number of nitrogens with zero attached hydrogens (tertiary/aromatic N) is 5. The molecule has 3 heterocycles. The van der Waals surface area contributed by atoms with E-state index in [1.807, 2.05) is 56.4 Å². The molecule has 0 saturated heterocycles. The zero-order chi connectivity index (χ0) is 16.5. The van der Waals surface area contributed by atoms with Crippen LogP contribution in [0, 0.1) is 13.8 Å². The van der Waals surface area contributed by atoms with E-state index in [4.69, 9.17) is 4.74 Å². The summed E-state index contributed by atoms with van der Waals surface area (Å²) in [7, 11) is 0. The SMILES string of the molecule is Cc1ccc(OCc2nnc3sc(-c4ccc(C)nc4)nn23)cc1. The molecule has 4 aromatic rings. The lowest BCUT2D eigenvalue weighted by Crippen LogP contribution is -2.02. The van der Waals surface area contributed by atoms with Gasteiger partial charge in [0, 0.05) is 17.5 Å². The van der Waals surface area contributed by atoms with E-state index in [9.17, 15) is 0 Å². The number of benzene rings is 1. The van der Waals surface area contributed by atoms with Gasteiger partial charge in [0.05, 0.1) is 0 Å². The fraction of sp³-hybridized carbons (Fsp3) is 0.176. The molecule has 4 rings (SSSR count). The third-order valence-electron chi connectivity index (χ3n) is 3.60. The lowest BCUT2D eigenvalue weighted by Gasteiger charge is -2.04. The molecule has 24 heavy (non-hydrogen) atoms. The number of rotatable bonds is 4. The van der Waals surface area contributed by atoms with Crippen LogP contribution in [0.1, 0.15) is 17.1 Å². The molecule has 0 atom stereocenters. The molecule has 3 aromatic heterocycles. The summed E-state index contributed by atoms with van der Waals surface area (Å²) in [5.74, 6) is 1.48. The minimum absolute atomic E-state index is 0.319. The zero-order valence-electron chi connectivity index (χ0n) is 13.3. The van der Waals surface area contributed by atoms with Gasteiger partial charge in [0.2, 0.25) is 4.96 Å². The first-order valence-corrected chi connectivity index (χ1v) is 8.34. The van der Waals surface area contributed by atoms with Gasteiger partial charge in [-0.3, -0.25) is 4.98 Å². The van der Waals surface area contributed by atoms with Crippen LogP contribution in [0.4, 0.5) is 0 Å². The van der Waals surface area contributed by atoms with Gasteiger partial charge in [-0.05, 0) is 38.1 Å². The van der Waals surface area contributed by atoms with Gasteiger partial charge in [-0.25, -0.2) is 0 Å². The minimum Gasteiger partial charge on any atom is -0.486 e. The van der Waals surface area contributed by atoms with Gasteiger partial charge in [0.1, 0.15) is 17.4 Å². The highest BCUT2D eigenvalue weighted by atomic mass is 32.1. The van der Waals surface area contributed by atoms with E-state index in [1.54, 1.807) is 4.52 Å². The Labute approximate surface area is 142 Å². The fourth-order valence-electron chi connectivity index (χ4n) is 2.24. The Kier molecular flexibility index (Phi) is 3.70. The van der Waals surface area contributed by atoms with Crippen molar-refractivity contribution in [3.8, 4) is 16.3 Å². The van der Waals surface area contributed by atoms with Gasteiger partial charge in [0.15, 0.2) is 5.82 Å². The number of hydrogen-bond acceptors (Lipinski definition) is 6. The molecule has 0 radical (unpaired) electrons. The van der Waals surface area contributed by atoms with E-state index in [-0.39, 0.29) is 0 Å². The highest BCUT2D eigenvalue weighted by molar-refractivity contribution is 7.19. The second kappa shape index (κ2) is 6.01. The zero-order valence-corrected chi connectivity index (χ0v) is 14.1. The topological polar surface area (TPSA) is 65.2 Å². The maximum Gasteiger partial charge on any atom is 0.235 e. The molecule has 1 aromatic carbocycles. The molecule has 6 nitrogen and oxygen atoms in total. The molecule has 0 fully saturated rings. The van der Waals surface area contributed by atoms with Gasteiger partial charge in [-0.15, -0.1) is 10.2 Å². The van der Waals surface area contributed by atoms with E-state index < -0.39 is 0 Å². The normalized spacial score (nSPS) is 11.1. The van der Waals surface area contributed by atoms with Crippen LogP contribution in [0.2, 0.25) is 0 Å². The molecule has 0 saturated carbocycles. The molecule has 0 N–H and O–H groups in total. The van der Waals surface area contributed by atoms with Crippen molar-refractivity contribution in [3.05, 3.63) is 59.7 Å². The van der Waals surface area contributed by atoms with E-state index in [0.717, 1.165) is 27.0 Å². The van der Waals surface area contributed by atoms with Crippen molar-refractivity contribution in [2.24, 2.45) is 0 Å². The van der Waals surface area contributed by atoms with E-state index in [1.165, 1.54) is 16.9 Å². The first kappa shape index (κ1) is 14.8. The molecular weight excluding hydrogens is 322 g/mol. The van der Waals surface area contributed by atoms with Crippen molar-refractivity contribution < 1.29 is 4.74 Å². The first-order valence-electron chi connectivity index (χ1n) is 7.53. The van der Waals surface area contributed by atoms with Crippen LogP contribution in [0.15, 0.2) is 42.6 Å². The number of aromatic nitrogens is 5. The van der Waals surface area contributed by atoms with Crippen molar-refractivity contribution in [2.45, 2.75) is 20.5 Å². The lowest BCUT2D eigenvalue weighted by molar-refractivity contribution is 0.293. The Bertz CT molecular complexity index is 973. The molecule has 0 unspecified atom stereocenters. The summed E-state index contributed by atoms with van der Waals surface area (Å²) in [6, 6.07) is 11.9. The van der Waals surface area contributed by atoms with E-state index in [0.29, 0.717) is 12.4 Å². The van der Waals surface area contributed by atoms with Crippen LogP contribution in [0.25, 0.3) is 15.5 Å². The van der Waals surface area contributed by atoms with E-state index >= 15 is 0 Å². The molecule has 0 spiro atoms. The highest BCUT2D eigenvalue weighted by Gasteiger charge is 2.13. The van der Waals surface area contributed by atoms with Gasteiger partial charge >= 0.3 is 0 Å². The molecule has 0 amide bonds. The lowest BCUT2D eigenvalue weighted by atomic mass is 10.2. The smallest absolute Gasteiger partial charge is 0.235 e. The summed E-state index contributed by atoms with van der Waals surface area (Å²) < 4.78 is 7.50. The summed E-state index contributed by atoms with van der Waals surface area (Å²) in [5.41, 5.74) is 3.15.